The van der Waals surface area contributed by atoms with Gasteiger partial charge in [-0.2, -0.15) is 0 Å². The van der Waals surface area contributed by atoms with Crippen molar-refractivity contribution in [3.63, 3.8) is 0 Å². The van der Waals surface area contributed by atoms with Crippen molar-refractivity contribution < 1.29 is 14.7 Å². The van der Waals surface area contributed by atoms with Crippen molar-refractivity contribution in [2.24, 2.45) is 5.92 Å². The van der Waals surface area contributed by atoms with Gasteiger partial charge in [0.1, 0.15) is 0 Å². The van der Waals surface area contributed by atoms with E-state index in [9.17, 15) is 14.7 Å². The molecule has 1 fully saturated rings. The van der Waals surface area contributed by atoms with E-state index in [2.05, 4.69) is 15.6 Å². The Kier molecular flexibility index (Phi) is 5.65. The second-order valence-corrected chi connectivity index (χ2v) is 6.90. The summed E-state index contributed by atoms with van der Waals surface area (Å²) in [6.45, 7) is 1.98. The number of hydrogen-bond donors (Lipinski definition) is 2. The predicted molar refractivity (Wildman–Crippen MR) is 96.2 cm³/mol. The van der Waals surface area contributed by atoms with Crippen molar-refractivity contribution in [2.45, 2.75) is 51.5 Å². The third-order valence-corrected chi connectivity index (χ3v) is 4.89. The number of amides is 1. The smallest absolute Gasteiger partial charge is 0.308 e. The Morgan fingerprint density at radius 3 is 2.69 bits per heavy atom. The molecule has 1 amide bonds. The van der Waals surface area contributed by atoms with Gasteiger partial charge in [-0.1, -0.05) is 43.0 Å². The molecule has 1 saturated carbocycles. The number of carbonyl (C=O) groups excluding carboxylic acids is 1. The molecule has 7 heteroatoms. The molecule has 1 aliphatic rings. The molecule has 1 aromatic heterocycles. The number of benzene rings is 1. The van der Waals surface area contributed by atoms with Crippen LogP contribution in [0.1, 0.15) is 54.6 Å². The molecule has 1 heterocycles. The Hall–Kier alpha value is -2.70. The molecule has 2 atom stereocenters. The first-order chi connectivity index (χ1) is 12.5. The van der Waals surface area contributed by atoms with Crippen LogP contribution in [0.2, 0.25) is 0 Å². The minimum Gasteiger partial charge on any atom is -0.481 e. The highest BCUT2D eigenvalue weighted by Crippen LogP contribution is 2.23. The molecule has 0 radical (unpaired) electrons. The molecule has 3 rings (SSSR count). The third-order valence-electron chi connectivity index (χ3n) is 4.89. The number of aliphatic carboxylic acids is 1. The molecule has 0 aliphatic heterocycles. The summed E-state index contributed by atoms with van der Waals surface area (Å²) in [5.74, 6) is -1.77. The largest absolute Gasteiger partial charge is 0.481 e. The summed E-state index contributed by atoms with van der Waals surface area (Å²) in [7, 11) is 0. The van der Waals surface area contributed by atoms with Gasteiger partial charge >= 0.3 is 5.97 Å². The Labute approximate surface area is 152 Å². The van der Waals surface area contributed by atoms with E-state index in [1.807, 2.05) is 31.2 Å². The van der Waals surface area contributed by atoms with Crippen LogP contribution in [-0.2, 0) is 4.79 Å². The van der Waals surface area contributed by atoms with Crippen molar-refractivity contribution in [1.82, 2.24) is 20.3 Å². The van der Waals surface area contributed by atoms with E-state index in [4.69, 9.17) is 0 Å². The molecule has 1 aromatic carbocycles. The summed E-state index contributed by atoms with van der Waals surface area (Å²) >= 11 is 0. The van der Waals surface area contributed by atoms with Crippen molar-refractivity contribution in [1.29, 1.82) is 0 Å². The summed E-state index contributed by atoms with van der Waals surface area (Å²) in [5.41, 5.74) is 2.10. The Balaban J connectivity index is 1.73. The molecule has 0 bridgehead atoms. The highest BCUT2D eigenvalue weighted by Gasteiger charge is 2.30. The van der Waals surface area contributed by atoms with Gasteiger partial charge in [-0.05, 0) is 37.5 Å². The lowest BCUT2D eigenvalue weighted by atomic mass is 9.86. The minimum absolute atomic E-state index is 0.192. The quantitative estimate of drug-likeness (QED) is 0.878. The summed E-state index contributed by atoms with van der Waals surface area (Å²) < 4.78 is 1.55. The first-order valence-corrected chi connectivity index (χ1v) is 9.07. The molecule has 2 N–H and O–H groups in total. The fourth-order valence-electron chi connectivity index (χ4n) is 3.46. The van der Waals surface area contributed by atoms with Crippen LogP contribution in [0.25, 0.3) is 5.69 Å². The Morgan fingerprint density at radius 1 is 1.19 bits per heavy atom. The lowest BCUT2D eigenvalue weighted by molar-refractivity contribution is -0.143. The number of aryl methyl sites for hydroxylation is 1. The van der Waals surface area contributed by atoms with Crippen molar-refractivity contribution in [3.05, 3.63) is 41.7 Å². The maximum atomic E-state index is 12.6. The number of rotatable bonds is 4. The van der Waals surface area contributed by atoms with Gasteiger partial charge in [0.25, 0.3) is 5.91 Å². The normalized spacial score (nSPS) is 20.8. The van der Waals surface area contributed by atoms with E-state index >= 15 is 0 Å². The van der Waals surface area contributed by atoms with Gasteiger partial charge in [0.05, 0.1) is 17.8 Å². The fourth-order valence-corrected chi connectivity index (χ4v) is 3.46. The lowest BCUT2D eigenvalue weighted by Gasteiger charge is -2.26. The zero-order valence-corrected chi connectivity index (χ0v) is 14.9. The van der Waals surface area contributed by atoms with E-state index in [-0.39, 0.29) is 17.6 Å². The van der Waals surface area contributed by atoms with Gasteiger partial charge in [0.2, 0.25) is 0 Å². The minimum atomic E-state index is -0.847. The number of carboxylic acids is 1. The molecule has 2 unspecified atom stereocenters. The van der Waals surface area contributed by atoms with Crippen LogP contribution in [0.15, 0.2) is 30.5 Å². The van der Waals surface area contributed by atoms with E-state index in [1.165, 1.54) is 0 Å². The SMILES string of the molecule is Cc1cccc(-n2cc(C(=O)NC3CCCCCCC3C(=O)O)nn2)c1. The highest BCUT2D eigenvalue weighted by atomic mass is 16.4. The maximum absolute atomic E-state index is 12.6. The van der Waals surface area contributed by atoms with Crippen LogP contribution in [0.3, 0.4) is 0 Å². The van der Waals surface area contributed by atoms with Crippen LogP contribution in [-0.4, -0.2) is 38.0 Å². The van der Waals surface area contributed by atoms with Crippen LogP contribution in [0.4, 0.5) is 0 Å². The summed E-state index contributed by atoms with van der Waals surface area (Å²) in [6, 6.07) is 7.36. The van der Waals surface area contributed by atoms with Crippen LogP contribution in [0, 0.1) is 12.8 Å². The van der Waals surface area contributed by atoms with Crippen LogP contribution in [0.5, 0.6) is 0 Å². The van der Waals surface area contributed by atoms with Crippen molar-refractivity contribution in [3.8, 4) is 5.69 Å². The molecule has 138 valence electrons. The molecular formula is C19H24N4O3. The first-order valence-electron chi connectivity index (χ1n) is 9.07. The van der Waals surface area contributed by atoms with Crippen molar-refractivity contribution >= 4 is 11.9 Å². The van der Waals surface area contributed by atoms with Gasteiger partial charge in [-0.3, -0.25) is 9.59 Å². The Morgan fingerprint density at radius 2 is 1.96 bits per heavy atom. The first kappa shape index (κ1) is 18.1. The topological polar surface area (TPSA) is 97.1 Å². The number of aromatic nitrogens is 3. The lowest BCUT2D eigenvalue weighted by Crippen LogP contribution is -2.44. The van der Waals surface area contributed by atoms with Crippen LogP contribution < -0.4 is 5.32 Å². The molecule has 26 heavy (non-hydrogen) atoms. The number of nitrogens with one attached hydrogen (secondary N) is 1. The van der Waals surface area contributed by atoms with Crippen molar-refractivity contribution in [2.75, 3.05) is 0 Å². The predicted octanol–water partition coefficient (Wildman–Crippen LogP) is 2.73. The van der Waals surface area contributed by atoms with Gasteiger partial charge < -0.3 is 10.4 Å². The molecule has 0 saturated heterocycles. The zero-order valence-electron chi connectivity index (χ0n) is 14.9. The Bertz CT molecular complexity index is 787. The van der Waals surface area contributed by atoms with E-state index in [0.29, 0.717) is 12.8 Å². The average Bonchev–Trinajstić information content (AvgIpc) is 3.07. The van der Waals surface area contributed by atoms with E-state index in [0.717, 1.165) is 36.9 Å². The second kappa shape index (κ2) is 8.12. The number of hydrogen-bond acceptors (Lipinski definition) is 4. The monoisotopic (exact) mass is 356 g/mol. The van der Waals surface area contributed by atoms with Crippen LogP contribution >= 0.6 is 0 Å². The molecule has 1 aliphatic carbocycles. The third kappa shape index (κ3) is 4.28. The number of carboxylic acid groups (broad SMARTS) is 1. The van der Waals surface area contributed by atoms with Gasteiger partial charge in [0, 0.05) is 6.04 Å². The molecule has 0 spiro atoms. The van der Waals surface area contributed by atoms with E-state index in [1.54, 1.807) is 10.9 Å². The van der Waals surface area contributed by atoms with Gasteiger partial charge in [-0.15, -0.1) is 5.10 Å². The number of carbonyl (C=O) groups is 2. The summed E-state index contributed by atoms with van der Waals surface area (Å²) in [6.07, 6.45) is 6.77. The molecule has 2 aromatic rings. The average molecular weight is 356 g/mol. The number of nitrogens with zero attached hydrogens (tertiary/aromatic N) is 3. The van der Waals surface area contributed by atoms with Gasteiger partial charge in [0.15, 0.2) is 5.69 Å². The van der Waals surface area contributed by atoms with E-state index < -0.39 is 11.9 Å². The summed E-state index contributed by atoms with van der Waals surface area (Å²) in [5, 5.41) is 20.4. The highest BCUT2D eigenvalue weighted by molar-refractivity contribution is 5.92. The van der Waals surface area contributed by atoms with Gasteiger partial charge in [-0.25, -0.2) is 4.68 Å². The second-order valence-electron chi connectivity index (χ2n) is 6.90. The maximum Gasteiger partial charge on any atom is 0.308 e. The zero-order chi connectivity index (χ0) is 18.5. The standard InChI is InChI=1S/C19H24N4O3/c1-13-7-6-8-14(11-13)23-12-17(21-22-23)18(24)20-16-10-5-3-2-4-9-15(16)19(25)26/h6-8,11-12,15-16H,2-5,9-10H2,1H3,(H,20,24)(H,25,26). The summed E-state index contributed by atoms with van der Waals surface area (Å²) in [4.78, 5) is 24.2. The molecular weight excluding hydrogens is 332 g/mol. The fraction of sp³-hybridized carbons (Fsp3) is 0.474. The molecule has 7 nitrogen and oxygen atoms in total.